The third-order valence-corrected chi connectivity index (χ3v) is 3.97. The first kappa shape index (κ1) is 14.5. The molecule has 1 aliphatic rings. The van der Waals surface area contributed by atoms with E-state index in [2.05, 4.69) is 24.5 Å². The second kappa shape index (κ2) is 7.00. The Morgan fingerprint density at radius 1 is 1.29 bits per heavy atom. The second-order valence-corrected chi connectivity index (χ2v) is 5.57. The summed E-state index contributed by atoms with van der Waals surface area (Å²) in [4.78, 5) is 11.9. The zero-order valence-electron chi connectivity index (χ0n) is 11.8. The number of nitrogens with one attached hydrogen (secondary N) is 2. The standard InChI is InChI=1S/C14H28N2O/c1-5-11(3)15-14(17)12(4)16-13-9-7-6-8-10(13)2/h10-13,16H,5-9H2,1-4H3,(H,15,17). The summed E-state index contributed by atoms with van der Waals surface area (Å²) in [6.45, 7) is 8.40. The molecule has 4 atom stereocenters. The average molecular weight is 240 g/mol. The van der Waals surface area contributed by atoms with Crippen molar-refractivity contribution >= 4 is 5.91 Å². The van der Waals surface area contributed by atoms with E-state index in [1.807, 2.05) is 13.8 Å². The van der Waals surface area contributed by atoms with E-state index in [4.69, 9.17) is 0 Å². The van der Waals surface area contributed by atoms with E-state index in [9.17, 15) is 4.79 Å². The second-order valence-electron chi connectivity index (χ2n) is 5.57. The maximum absolute atomic E-state index is 11.9. The quantitative estimate of drug-likeness (QED) is 0.775. The van der Waals surface area contributed by atoms with Crippen molar-refractivity contribution in [2.45, 2.75) is 77.9 Å². The maximum atomic E-state index is 11.9. The van der Waals surface area contributed by atoms with Crippen LogP contribution in [-0.2, 0) is 4.79 Å². The summed E-state index contributed by atoms with van der Waals surface area (Å²) in [5.74, 6) is 0.833. The van der Waals surface area contributed by atoms with Gasteiger partial charge in [-0.05, 0) is 39.0 Å². The van der Waals surface area contributed by atoms with Gasteiger partial charge >= 0.3 is 0 Å². The van der Waals surface area contributed by atoms with E-state index in [-0.39, 0.29) is 18.0 Å². The summed E-state index contributed by atoms with van der Waals surface area (Å²) in [6, 6.07) is 0.714. The molecule has 0 aromatic rings. The van der Waals surface area contributed by atoms with Gasteiger partial charge in [-0.25, -0.2) is 0 Å². The van der Waals surface area contributed by atoms with Crippen LogP contribution in [0, 0.1) is 5.92 Å². The first-order valence-corrected chi connectivity index (χ1v) is 7.11. The largest absolute Gasteiger partial charge is 0.352 e. The lowest BCUT2D eigenvalue weighted by Gasteiger charge is -2.32. The number of carbonyl (C=O) groups excluding carboxylic acids is 1. The molecule has 3 nitrogen and oxygen atoms in total. The Morgan fingerprint density at radius 2 is 1.94 bits per heavy atom. The molecule has 0 radical (unpaired) electrons. The lowest BCUT2D eigenvalue weighted by molar-refractivity contribution is -0.123. The normalized spacial score (nSPS) is 28.5. The van der Waals surface area contributed by atoms with Crippen molar-refractivity contribution in [2.75, 3.05) is 0 Å². The van der Waals surface area contributed by atoms with Gasteiger partial charge in [0.25, 0.3) is 0 Å². The molecule has 1 saturated carbocycles. The monoisotopic (exact) mass is 240 g/mol. The van der Waals surface area contributed by atoms with Gasteiger partial charge in [-0.2, -0.15) is 0 Å². The molecule has 0 bridgehead atoms. The number of amides is 1. The summed E-state index contributed by atoms with van der Waals surface area (Å²) >= 11 is 0. The summed E-state index contributed by atoms with van der Waals surface area (Å²) in [5.41, 5.74) is 0. The van der Waals surface area contributed by atoms with Crippen LogP contribution in [0.1, 0.15) is 59.8 Å². The molecule has 100 valence electrons. The molecule has 4 unspecified atom stereocenters. The van der Waals surface area contributed by atoms with E-state index in [1.54, 1.807) is 0 Å². The van der Waals surface area contributed by atoms with E-state index >= 15 is 0 Å². The van der Waals surface area contributed by atoms with Crippen LogP contribution in [-0.4, -0.2) is 24.0 Å². The van der Waals surface area contributed by atoms with Crippen molar-refractivity contribution in [2.24, 2.45) is 5.92 Å². The SMILES string of the molecule is CCC(C)NC(=O)C(C)NC1CCCCC1C. The molecule has 17 heavy (non-hydrogen) atoms. The topological polar surface area (TPSA) is 41.1 Å². The molecule has 1 amide bonds. The minimum atomic E-state index is -0.0745. The molecule has 0 spiro atoms. The lowest BCUT2D eigenvalue weighted by atomic mass is 9.85. The zero-order chi connectivity index (χ0) is 12.8. The van der Waals surface area contributed by atoms with Gasteiger partial charge in [0.1, 0.15) is 0 Å². The van der Waals surface area contributed by atoms with Gasteiger partial charge in [-0.3, -0.25) is 4.79 Å². The third kappa shape index (κ3) is 4.66. The van der Waals surface area contributed by atoms with Crippen LogP contribution in [0.5, 0.6) is 0 Å². The minimum absolute atomic E-state index is 0.0745. The van der Waals surface area contributed by atoms with Crippen LogP contribution in [0.3, 0.4) is 0 Å². The highest BCUT2D eigenvalue weighted by Crippen LogP contribution is 2.23. The first-order valence-electron chi connectivity index (χ1n) is 7.11. The lowest BCUT2D eigenvalue weighted by Crippen LogP contribution is -2.50. The number of rotatable bonds is 5. The molecule has 0 aliphatic heterocycles. The van der Waals surface area contributed by atoms with Crippen LogP contribution >= 0.6 is 0 Å². The summed E-state index contributed by atoms with van der Waals surface area (Å²) in [7, 11) is 0. The highest BCUT2D eigenvalue weighted by atomic mass is 16.2. The van der Waals surface area contributed by atoms with Crippen molar-refractivity contribution in [3.05, 3.63) is 0 Å². The molecule has 0 heterocycles. The molecule has 2 N–H and O–H groups in total. The zero-order valence-corrected chi connectivity index (χ0v) is 11.8. The van der Waals surface area contributed by atoms with E-state index in [1.165, 1.54) is 25.7 Å². The Labute approximate surface area is 106 Å². The molecule has 1 rings (SSSR count). The third-order valence-electron chi connectivity index (χ3n) is 3.97. The fourth-order valence-electron chi connectivity index (χ4n) is 2.43. The van der Waals surface area contributed by atoms with Crippen LogP contribution in [0.4, 0.5) is 0 Å². The highest BCUT2D eigenvalue weighted by molar-refractivity contribution is 5.81. The Bertz CT molecular complexity index is 242. The van der Waals surface area contributed by atoms with Gasteiger partial charge in [-0.15, -0.1) is 0 Å². The number of hydrogen-bond acceptors (Lipinski definition) is 2. The van der Waals surface area contributed by atoms with E-state index < -0.39 is 0 Å². The summed E-state index contributed by atoms with van der Waals surface area (Å²) in [5, 5.41) is 6.52. The predicted octanol–water partition coefficient (Wildman–Crippen LogP) is 2.46. The smallest absolute Gasteiger partial charge is 0.237 e. The highest BCUT2D eigenvalue weighted by Gasteiger charge is 2.24. The van der Waals surface area contributed by atoms with Gasteiger partial charge in [0, 0.05) is 12.1 Å². The van der Waals surface area contributed by atoms with Gasteiger partial charge in [0.15, 0.2) is 0 Å². The number of carbonyl (C=O) groups is 1. The Kier molecular flexibility index (Phi) is 5.96. The Balaban J connectivity index is 2.36. The molecule has 1 aliphatic carbocycles. The molecular weight excluding hydrogens is 212 g/mol. The van der Waals surface area contributed by atoms with E-state index in [0.717, 1.165) is 6.42 Å². The summed E-state index contributed by atoms with van der Waals surface area (Å²) < 4.78 is 0. The first-order chi connectivity index (χ1) is 8.04. The molecule has 1 fully saturated rings. The molecular formula is C14H28N2O. The van der Waals surface area contributed by atoms with Gasteiger partial charge < -0.3 is 10.6 Å². The Hall–Kier alpha value is -0.570. The average Bonchev–Trinajstić information content (AvgIpc) is 2.31. The fourth-order valence-corrected chi connectivity index (χ4v) is 2.43. The van der Waals surface area contributed by atoms with Gasteiger partial charge in [0.05, 0.1) is 6.04 Å². The van der Waals surface area contributed by atoms with Crippen LogP contribution in [0.25, 0.3) is 0 Å². The van der Waals surface area contributed by atoms with Crippen LogP contribution in [0.2, 0.25) is 0 Å². The molecule has 0 aromatic carbocycles. The maximum Gasteiger partial charge on any atom is 0.237 e. The van der Waals surface area contributed by atoms with Crippen molar-refractivity contribution < 1.29 is 4.79 Å². The van der Waals surface area contributed by atoms with Gasteiger partial charge in [0.2, 0.25) is 5.91 Å². The Morgan fingerprint density at radius 3 is 2.53 bits per heavy atom. The van der Waals surface area contributed by atoms with Crippen molar-refractivity contribution in [1.29, 1.82) is 0 Å². The fraction of sp³-hybridized carbons (Fsp3) is 0.929. The van der Waals surface area contributed by atoms with Crippen molar-refractivity contribution in [1.82, 2.24) is 10.6 Å². The van der Waals surface area contributed by atoms with E-state index in [0.29, 0.717) is 12.0 Å². The summed E-state index contributed by atoms with van der Waals surface area (Å²) in [6.07, 6.45) is 6.12. The molecule has 0 saturated heterocycles. The minimum Gasteiger partial charge on any atom is -0.352 e. The predicted molar refractivity (Wildman–Crippen MR) is 71.9 cm³/mol. The van der Waals surface area contributed by atoms with Crippen LogP contribution in [0.15, 0.2) is 0 Å². The van der Waals surface area contributed by atoms with Gasteiger partial charge in [-0.1, -0.05) is 26.7 Å². The molecule has 0 aromatic heterocycles. The number of hydrogen-bond donors (Lipinski definition) is 2. The van der Waals surface area contributed by atoms with Crippen LogP contribution < -0.4 is 10.6 Å². The van der Waals surface area contributed by atoms with Crippen molar-refractivity contribution in [3.63, 3.8) is 0 Å². The molecule has 3 heteroatoms. The van der Waals surface area contributed by atoms with Crippen molar-refractivity contribution in [3.8, 4) is 0 Å².